The smallest absolute Gasteiger partial charge is 0.267 e. The SMILES string of the molecule is CNC(=O)c1cc2c(-n3cc(C(=O)NCc4ccccc4)cn3)cc(C3CC3)cc2[nH]1. The summed E-state index contributed by atoms with van der Waals surface area (Å²) in [7, 11) is 1.61. The number of H-pyrrole nitrogens is 1. The molecule has 0 unspecified atom stereocenters. The van der Waals surface area contributed by atoms with E-state index in [1.807, 2.05) is 36.4 Å². The van der Waals surface area contributed by atoms with Gasteiger partial charge in [0.2, 0.25) is 0 Å². The fraction of sp³-hybridized carbons (Fsp3) is 0.208. The molecule has 2 heterocycles. The van der Waals surface area contributed by atoms with E-state index in [2.05, 4.69) is 32.8 Å². The summed E-state index contributed by atoms with van der Waals surface area (Å²) in [6, 6.07) is 15.8. The first kappa shape index (κ1) is 19.1. The summed E-state index contributed by atoms with van der Waals surface area (Å²) < 4.78 is 1.72. The molecule has 1 fully saturated rings. The molecule has 2 aromatic carbocycles. The van der Waals surface area contributed by atoms with Gasteiger partial charge < -0.3 is 15.6 Å². The first-order chi connectivity index (χ1) is 15.1. The molecule has 7 heteroatoms. The van der Waals surface area contributed by atoms with Gasteiger partial charge >= 0.3 is 0 Å². The molecule has 0 radical (unpaired) electrons. The van der Waals surface area contributed by atoms with Crippen molar-refractivity contribution in [2.75, 3.05) is 7.05 Å². The van der Waals surface area contributed by atoms with Gasteiger partial charge in [0.25, 0.3) is 11.8 Å². The van der Waals surface area contributed by atoms with Crippen LogP contribution < -0.4 is 10.6 Å². The maximum Gasteiger partial charge on any atom is 0.267 e. The zero-order valence-electron chi connectivity index (χ0n) is 17.2. The monoisotopic (exact) mass is 413 g/mol. The second-order valence-electron chi connectivity index (χ2n) is 7.88. The van der Waals surface area contributed by atoms with Crippen molar-refractivity contribution in [2.45, 2.75) is 25.3 Å². The van der Waals surface area contributed by atoms with Crippen LogP contribution in [0.25, 0.3) is 16.6 Å². The number of fused-ring (bicyclic) bond motifs is 1. The van der Waals surface area contributed by atoms with E-state index in [1.165, 1.54) is 18.4 Å². The van der Waals surface area contributed by atoms with Crippen LogP contribution in [-0.4, -0.2) is 33.6 Å². The third-order valence-electron chi connectivity index (χ3n) is 5.65. The highest BCUT2D eigenvalue weighted by Gasteiger charge is 2.26. The number of carbonyl (C=O) groups is 2. The van der Waals surface area contributed by atoms with Crippen molar-refractivity contribution in [3.8, 4) is 5.69 Å². The van der Waals surface area contributed by atoms with Crippen LogP contribution in [0.5, 0.6) is 0 Å². The summed E-state index contributed by atoms with van der Waals surface area (Å²) in [5.74, 6) is 0.195. The Bertz CT molecular complexity index is 1270. The summed E-state index contributed by atoms with van der Waals surface area (Å²) in [5.41, 5.74) is 4.99. The van der Waals surface area contributed by atoms with Gasteiger partial charge in [-0.3, -0.25) is 9.59 Å². The number of hydrogen-bond acceptors (Lipinski definition) is 3. The Labute approximate surface area is 179 Å². The van der Waals surface area contributed by atoms with Crippen molar-refractivity contribution in [3.63, 3.8) is 0 Å². The Morgan fingerprint density at radius 3 is 2.68 bits per heavy atom. The number of carbonyl (C=O) groups excluding carboxylic acids is 2. The van der Waals surface area contributed by atoms with Crippen LogP contribution in [0.15, 0.2) is 60.9 Å². The highest BCUT2D eigenvalue weighted by atomic mass is 16.2. The summed E-state index contributed by atoms with van der Waals surface area (Å²) >= 11 is 0. The van der Waals surface area contributed by atoms with E-state index >= 15 is 0 Å². The molecule has 0 atom stereocenters. The molecule has 5 rings (SSSR count). The Morgan fingerprint density at radius 1 is 1.13 bits per heavy atom. The summed E-state index contributed by atoms with van der Waals surface area (Å²) in [6.45, 7) is 0.458. The zero-order valence-corrected chi connectivity index (χ0v) is 17.2. The zero-order chi connectivity index (χ0) is 21.4. The Hall–Kier alpha value is -3.87. The molecule has 1 aliphatic rings. The minimum Gasteiger partial charge on any atom is -0.354 e. The number of rotatable bonds is 6. The fourth-order valence-corrected chi connectivity index (χ4v) is 3.79. The molecule has 0 spiro atoms. The normalized spacial score (nSPS) is 13.3. The molecule has 4 aromatic rings. The van der Waals surface area contributed by atoms with E-state index in [-0.39, 0.29) is 11.8 Å². The molecule has 31 heavy (non-hydrogen) atoms. The maximum absolute atomic E-state index is 12.6. The van der Waals surface area contributed by atoms with Crippen LogP contribution in [0.2, 0.25) is 0 Å². The van der Waals surface area contributed by atoms with Gasteiger partial charge in [-0.1, -0.05) is 30.3 Å². The fourth-order valence-electron chi connectivity index (χ4n) is 3.79. The molecular weight excluding hydrogens is 390 g/mol. The molecule has 0 bridgehead atoms. The van der Waals surface area contributed by atoms with E-state index < -0.39 is 0 Å². The lowest BCUT2D eigenvalue weighted by atomic mass is 10.1. The van der Waals surface area contributed by atoms with Crippen molar-refractivity contribution in [1.29, 1.82) is 0 Å². The van der Waals surface area contributed by atoms with Gasteiger partial charge in [-0.25, -0.2) is 4.68 Å². The second kappa shape index (κ2) is 7.75. The van der Waals surface area contributed by atoms with Gasteiger partial charge in [0.1, 0.15) is 5.69 Å². The van der Waals surface area contributed by atoms with Crippen LogP contribution in [0.3, 0.4) is 0 Å². The van der Waals surface area contributed by atoms with Crippen LogP contribution in [0, 0.1) is 0 Å². The molecule has 0 aliphatic heterocycles. The standard InChI is InChI=1S/C24H23N5O2/c1-25-24(31)21-11-19-20(28-21)9-17(16-7-8-16)10-22(19)29-14-18(13-27-29)23(30)26-12-15-5-3-2-4-6-15/h2-6,9-11,13-14,16,28H,7-8,12H2,1H3,(H,25,31)(H,26,30). The number of aromatic nitrogens is 3. The van der Waals surface area contributed by atoms with Crippen LogP contribution in [0.4, 0.5) is 0 Å². The van der Waals surface area contributed by atoms with Gasteiger partial charge in [-0.05, 0) is 48.1 Å². The quantitative estimate of drug-likeness (QED) is 0.452. The van der Waals surface area contributed by atoms with E-state index in [0.29, 0.717) is 23.7 Å². The molecular formula is C24H23N5O2. The predicted molar refractivity (Wildman–Crippen MR) is 118 cm³/mol. The largest absolute Gasteiger partial charge is 0.354 e. The maximum atomic E-state index is 12.6. The Kier molecular flexibility index (Phi) is 4.78. The number of nitrogens with one attached hydrogen (secondary N) is 3. The molecule has 3 N–H and O–H groups in total. The molecule has 1 aliphatic carbocycles. The molecule has 0 saturated heterocycles. The minimum atomic E-state index is -0.176. The highest BCUT2D eigenvalue weighted by Crippen LogP contribution is 2.42. The lowest BCUT2D eigenvalue weighted by molar-refractivity contribution is 0.0946. The first-order valence-electron chi connectivity index (χ1n) is 10.4. The Balaban J connectivity index is 1.46. The van der Waals surface area contributed by atoms with Gasteiger partial charge in [-0.15, -0.1) is 0 Å². The molecule has 2 aromatic heterocycles. The number of aromatic amines is 1. The molecule has 1 saturated carbocycles. The summed E-state index contributed by atoms with van der Waals surface area (Å²) in [5, 5.41) is 10.9. The summed E-state index contributed by atoms with van der Waals surface area (Å²) in [4.78, 5) is 28.0. The average molecular weight is 413 g/mol. The van der Waals surface area contributed by atoms with Gasteiger partial charge in [-0.2, -0.15) is 5.10 Å². The molecule has 7 nitrogen and oxygen atoms in total. The van der Waals surface area contributed by atoms with Crippen molar-refractivity contribution < 1.29 is 9.59 Å². The first-order valence-corrected chi connectivity index (χ1v) is 10.4. The number of nitrogens with zero attached hydrogens (tertiary/aromatic N) is 2. The van der Waals surface area contributed by atoms with E-state index in [9.17, 15) is 9.59 Å². The van der Waals surface area contributed by atoms with E-state index in [4.69, 9.17) is 0 Å². The number of hydrogen-bond donors (Lipinski definition) is 3. The minimum absolute atomic E-state index is 0.170. The van der Waals surface area contributed by atoms with E-state index in [0.717, 1.165) is 22.2 Å². The average Bonchev–Trinajstić information content (AvgIpc) is 3.37. The third kappa shape index (κ3) is 3.82. The van der Waals surface area contributed by atoms with Crippen LogP contribution >= 0.6 is 0 Å². The van der Waals surface area contributed by atoms with Gasteiger partial charge in [0.15, 0.2) is 0 Å². The number of benzene rings is 2. The van der Waals surface area contributed by atoms with Crippen molar-refractivity contribution >= 4 is 22.7 Å². The second-order valence-corrected chi connectivity index (χ2v) is 7.88. The van der Waals surface area contributed by atoms with Crippen molar-refractivity contribution in [1.82, 2.24) is 25.4 Å². The highest BCUT2D eigenvalue weighted by molar-refractivity contribution is 6.00. The predicted octanol–water partition coefficient (Wildman–Crippen LogP) is 3.52. The lowest BCUT2D eigenvalue weighted by Gasteiger charge is -2.07. The topological polar surface area (TPSA) is 91.8 Å². The molecule has 2 amide bonds. The Morgan fingerprint density at radius 2 is 1.94 bits per heavy atom. The summed E-state index contributed by atoms with van der Waals surface area (Å²) in [6.07, 6.45) is 5.64. The van der Waals surface area contributed by atoms with Crippen LogP contribution in [-0.2, 0) is 6.54 Å². The lowest BCUT2D eigenvalue weighted by Crippen LogP contribution is -2.22. The number of amides is 2. The van der Waals surface area contributed by atoms with Crippen molar-refractivity contribution in [3.05, 3.63) is 83.3 Å². The van der Waals surface area contributed by atoms with Gasteiger partial charge in [0, 0.05) is 30.7 Å². The van der Waals surface area contributed by atoms with Gasteiger partial charge in [0.05, 0.1) is 17.4 Å². The third-order valence-corrected chi connectivity index (χ3v) is 5.65. The van der Waals surface area contributed by atoms with Crippen LogP contribution in [0.1, 0.15) is 50.7 Å². The molecule has 156 valence electrons. The van der Waals surface area contributed by atoms with E-state index in [1.54, 1.807) is 24.1 Å². The van der Waals surface area contributed by atoms with Crippen molar-refractivity contribution in [2.24, 2.45) is 0 Å².